The van der Waals surface area contributed by atoms with Gasteiger partial charge in [0.2, 0.25) is 0 Å². The number of nitrogens with one attached hydrogen (secondary N) is 1. The molecule has 1 aliphatic carbocycles. The minimum atomic E-state index is -0.370. The molecule has 17 heavy (non-hydrogen) atoms. The average Bonchev–Trinajstić information content (AvgIpc) is 2.75. The Bertz CT molecular complexity index is 515. The second-order valence-corrected chi connectivity index (χ2v) is 6.12. The van der Waals surface area contributed by atoms with Crippen LogP contribution in [0.15, 0.2) is 20.3 Å². The van der Waals surface area contributed by atoms with Gasteiger partial charge < -0.3 is 0 Å². The van der Waals surface area contributed by atoms with Crippen molar-refractivity contribution in [1.82, 2.24) is 9.55 Å². The molecule has 94 valence electrons. The zero-order chi connectivity index (χ0) is 12.5. The van der Waals surface area contributed by atoms with Crippen LogP contribution in [0.1, 0.15) is 25.7 Å². The van der Waals surface area contributed by atoms with Crippen LogP contribution >= 0.6 is 31.9 Å². The summed E-state index contributed by atoms with van der Waals surface area (Å²) in [6.45, 7) is 0.659. The molecule has 1 N–H and O–H groups in total. The summed E-state index contributed by atoms with van der Waals surface area (Å²) >= 11 is 6.70. The Balaban J connectivity index is 2.32. The third-order valence-corrected chi connectivity index (χ3v) is 5.18. The van der Waals surface area contributed by atoms with E-state index in [9.17, 15) is 9.59 Å². The van der Waals surface area contributed by atoms with Crippen molar-refractivity contribution in [2.24, 2.45) is 5.41 Å². The summed E-state index contributed by atoms with van der Waals surface area (Å²) in [4.78, 5) is 25.3. The van der Waals surface area contributed by atoms with Crippen molar-refractivity contribution in [3.63, 3.8) is 0 Å². The van der Waals surface area contributed by atoms with Crippen LogP contribution in [0.4, 0.5) is 0 Å². The summed E-state index contributed by atoms with van der Waals surface area (Å²) in [7, 11) is 0. The van der Waals surface area contributed by atoms with Crippen molar-refractivity contribution >= 4 is 31.9 Å². The number of nitrogens with zero attached hydrogens (tertiary/aromatic N) is 1. The van der Waals surface area contributed by atoms with Gasteiger partial charge in [-0.2, -0.15) is 0 Å². The maximum atomic E-state index is 11.7. The lowest BCUT2D eigenvalue weighted by atomic mass is 9.89. The zero-order valence-electron chi connectivity index (χ0n) is 9.34. The van der Waals surface area contributed by atoms with Crippen molar-refractivity contribution in [1.29, 1.82) is 0 Å². The predicted octanol–water partition coefficient (Wildman–Crippen LogP) is 2.25. The second-order valence-electron chi connectivity index (χ2n) is 4.70. The highest BCUT2D eigenvalue weighted by molar-refractivity contribution is 9.10. The molecule has 1 fully saturated rings. The lowest BCUT2D eigenvalue weighted by Crippen LogP contribution is -2.36. The molecule has 1 saturated carbocycles. The Morgan fingerprint density at radius 3 is 2.59 bits per heavy atom. The first kappa shape index (κ1) is 13.1. The molecular formula is C11H14Br2N2O2. The van der Waals surface area contributed by atoms with Gasteiger partial charge in [-0.25, -0.2) is 4.79 Å². The fraction of sp³-hybridized carbons (Fsp3) is 0.636. The topological polar surface area (TPSA) is 54.9 Å². The summed E-state index contributed by atoms with van der Waals surface area (Å²) in [5.41, 5.74) is -0.544. The molecule has 0 spiro atoms. The normalized spacial score (nSPS) is 18.5. The minimum Gasteiger partial charge on any atom is -0.299 e. The Morgan fingerprint density at radius 2 is 2.00 bits per heavy atom. The Labute approximate surface area is 116 Å². The van der Waals surface area contributed by atoms with Gasteiger partial charge in [0.25, 0.3) is 5.56 Å². The number of H-pyrrole nitrogens is 1. The molecule has 0 atom stereocenters. The number of aromatic nitrogens is 2. The van der Waals surface area contributed by atoms with Gasteiger partial charge in [0.05, 0.1) is 4.47 Å². The van der Waals surface area contributed by atoms with Crippen molar-refractivity contribution in [3.05, 3.63) is 31.5 Å². The lowest BCUT2D eigenvalue weighted by molar-refractivity contribution is 0.285. The Hall–Kier alpha value is -0.360. The molecule has 0 unspecified atom stereocenters. The molecule has 1 aliphatic rings. The Kier molecular flexibility index (Phi) is 3.92. The summed E-state index contributed by atoms with van der Waals surface area (Å²) < 4.78 is 2.00. The first-order chi connectivity index (χ1) is 8.06. The average molecular weight is 366 g/mol. The van der Waals surface area contributed by atoms with Gasteiger partial charge in [-0.1, -0.05) is 28.8 Å². The van der Waals surface area contributed by atoms with Gasteiger partial charge in [0.15, 0.2) is 0 Å². The van der Waals surface area contributed by atoms with Gasteiger partial charge in [0, 0.05) is 18.1 Å². The highest BCUT2D eigenvalue weighted by Crippen LogP contribution is 2.40. The van der Waals surface area contributed by atoms with Gasteiger partial charge in [0.1, 0.15) is 0 Å². The first-order valence-electron chi connectivity index (χ1n) is 5.62. The van der Waals surface area contributed by atoms with Gasteiger partial charge in [-0.15, -0.1) is 0 Å². The molecule has 0 amide bonds. The van der Waals surface area contributed by atoms with Gasteiger partial charge in [-0.3, -0.25) is 14.3 Å². The third kappa shape index (κ3) is 2.73. The number of aromatic amines is 1. The van der Waals surface area contributed by atoms with Crippen molar-refractivity contribution in [3.8, 4) is 0 Å². The number of halogens is 2. The number of hydrogen-bond donors (Lipinski definition) is 1. The Morgan fingerprint density at radius 1 is 1.35 bits per heavy atom. The van der Waals surface area contributed by atoms with E-state index in [0.717, 1.165) is 18.2 Å². The molecule has 0 radical (unpaired) electrons. The third-order valence-electron chi connectivity index (χ3n) is 3.42. The van der Waals surface area contributed by atoms with E-state index < -0.39 is 0 Å². The lowest BCUT2D eigenvalue weighted by Gasteiger charge is -2.27. The summed E-state index contributed by atoms with van der Waals surface area (Å²) in [6.07, 6.45) is 6.27. The first-order valence-corrected chi connectivity index (χ1v) is 7.53. The van der Waals surface area contributed by atoms with E-state index in [0.29, 0.717) is 11.0 Å². The van der Waals surface area contributed by atoms with Crippen LogP contribution in [0, 0.1) is 5.41 Å². The second kappa shape index (κ2) is 5.10. The van der Waals surface area contributed by atoms with Crippen LogP contribution in [0.2, 0.25) is 0 Å². The highest BCUT2D eigenvalue weighted by Gasteiger charge is 2.33. The van der Waals surface area contributed by atoms with Crippen LogP contribution in [-0.2, 0) is 6.54 Å². The highest BCUT2D eigenvalue weighted by atomic mass is 79.9. The van der Waals surface area contributed by atoms with E-state index in [1.165, 1.54) is 12.8 Å². The SMILES string of the molecule is O=c1[nH]c(=O)n(CC2(CBr)CCCC2)cc1Br. The predicted molar refractivity (Wildman–Crippen MR) is 73.7 cm³/mol. The van der Waals surface area contributed by atoms with E-state index >= 15 is 0 Å². The smallest absolute Gasteiger partial charge is 0.299 e. The fourth-order valence-corrected chi connectivity index (χ4v) is 3.50. The number of hydrogen-bond acceptors (Lipinski definition) is 2. The van der Waals surface area contributed by atoms with Crippen LogP contribution in [0.25, 0.3) is 0 Å². The maximum absolute atomic E-state index is 11.7. The summed E-state index contributed by atoms with van der Waals surface area (Å²) in [6, 6.07) is 0. The monoisotopic (exact) mass is 364 g/mol. The molecule has 1 aromatic rings. The quantitative estimate of drug-likeness (QED) is 0.835. The van der Waals surface area contributed by atoms with Crippen LogP contribution < -0.4 is 11.2 Å². The summed E-state index contributed by atoms with van der Waals surface area (Å²) in [5, 5.41) is 0.892. The van der Waals surface area contributed by atoms with E-state index in [1.54, 1.807) is 10.8 Å². The van der Waals surface area contributed by atoms with E-state index in [1.807, 2.05) is 0 Å². The molecule has 0 aliphatic heterocycles. The molecule has 1 aromatic heterocycles. The van der Waals surface area contributed by atoms with Crippen LogP contribution in [-0.4, -0.2) is 14.9 Å². The van der Waals surface area contributed by atoms with Crippen molar-refractivity contribution < 1.29 is 0 Å². The maximum Gasteiger partial charge on any atom is 0.328 e. The standard InChI is InChI=1S/C11H14Br2N2O2/c12-6-11(3-1-2-4-11)7-15-5-8(13)9(16)14-10(15)17/h5H,1-4,6-7H2,(H,14,16,17). The minimum absolute atomic E-state index is 0.154. The molecule has 0 aromatic carbocycles. The van der Waals surface area contributed by atoms with Crippen molar-refractivity contribution in [2.45, 2.75) is 32.2 Å². The van der Waals surface area contributed by atoms with E-state index in [4.69, 9.17) is 0 Å². The number of rotatable bonds is 3. The van der Waals surface area contributed by atoms with Gasteiger partial charge in [-0.05, 0) is 34.2 Å². The largest absolute Gasteiger partial charge is 0.328 e. The molecule has 0 bridgehead atoms. The zero-order valence-corrected chi connectivity index (χ0v) is 12.5. The molecular weight excluding hydrogens is 352 g/mol. The molecule has 4 nitrogen and oxygen atoms in total. The molecule has 1 heterocycles. The van der Waals surface area contributed by atoms with Crippen LogP contribution in [0.3, 0.4) is 0 Å². The molecule has 2 rings (SSSR count). The molecule has 0 saturated heterocycles. The van der Waals surface area contributed by atoms with E-state index in [2.05, 4.69) is 36.8 Å². The number of alkyl halides is 1. The molecule has 6 heteroatoms. The van der Waals surface area contributed by atoms with Crippen molar-refractivity contribution in [2.75, 3.05) is 5.33 Å². The summed E-state index contributed by atoms with van der Waals surface area (Å²) in [5.74, 6) is 0. The van der Waals surface area contributed by atoms with Gasteiger partial charge >= 0.3 is 5.69 Å². The van der Waals surface area contributed by atoms with E-state index in [-0.39, 0.29) is 16.7 Å². The fourth-order valence-electron chi connectivity index (χ4n) is 2.42. The van der Waals surface area contributed by atoms with Crippen LogP contribution in [0.5, 0.6) is 0 Å².